The van der Waals surface area contributed by atoms with Crippen molar-refractivity contribution >= 4 is 29.2 Å². The average molecular weight is 446 g/mol. The first kappa shape index (κ1) is 21.9. The molecule has 0 unspecified atom stereocenters. The molecule has 0 bridgehead atoms. The van der Waals surface area contributed by atoms with Crippen LogP contribution in [0, 0.1) is 6.92 Å². The number of methoxy groups -OCH3 is 1. The van der Waals surface area contributed by atoms with Gasteiger partial charge < -0.3 is 14.4 Å². The summed E-state index contributed by atoms with van der Waals surface area (Å²) in [7, 11) is 1.61. The van der Waals surface area contributed by atoms with Gasteiger partial charge in [0.25, 0.3) is 0 Å². The van der Waals surface area contributed by atoms with E-state index in [2.05, 4.69) is 0 Å². The van der Waals surface area contributed by atoms with E-state index in [1.165, 1.54) is 6.07 Å². The Labute approximate surface area is 184 Å². The Morgan fingerprint density at radius 3 is 2.40 bits per heavy atom. The van der Waals surface area contributed by atoms with Crippen LogP contribution in [0.4, 0.5) is 0 Å². The number of ether oxygens (including phenoxy) is 1. The van der Waals surface area contributed by atoms with Gasteiger partial charge >= 0.3 is 5.97 Å². The first-order valence-corrected chi connectivity index (χ1v) is 10.1. The molecule has 1 aromatic heterocycles. The van der Waals surface area contributed by atoms with E-state index in [4.69, 9.17) is 27.9 Å². The van der Waals surface area contributed by atoms with Crippen molar-refractivity contribution < 1.29 is 14.6 Å². The Morgan fingerprint density at radius 1 is 1.10 bits per heavy atom. The molecule has 156 valence electrons. The summed E-state index contributed by atoms with van der Waals surface area (Å²) in [6.45, 7) is 4.35. The Balaban J connectivity index is 2.25. The van der Waals surface area contributed by atoms with E-state index in [-0.39, 0.29) is 10.6 Å². The molecule has 0 aliphatic rings. The van der Waals surface area contributed by atoms with Crippen LogP contribution in [0.1, 0.15) is 34.1 Å². The second-order valence-corrected chi connectivity index (χ2v) is 7.69. The van der Waals surface area contributed by atoms with Crippen LogP contribution in [-0.2, 0) is 13.0 Å². The monoisotopic (exact) mass is 445 g/mol. The van der Waals surface area contributed by atoms with E-state index in [9.17, 15) is 14.7 Å². The van der Waals surface area contributed by atoms with Crippen LogP contribution >= 0.6 is 23.2 Å². The van der Waals surface area contributed by atoms with E-state index in [0.29, 0.717) is 34.9 Å². The lowest BCUT2D eigenvalue weighted by Gasteiger charge is -2.20. The molecule has 0 atom stereocenters. The van der Waals surface area contributed by atoms with E-state index in [1.807, 2.05) is 36.6 Å². The lowest BCUT2D eigenvalue weighted by Crippen LogP contribution is -2.23. The number of aryl methyl sites for hydroxylation is 1. The standard InChI is InChI=1S/C23H21Cl2NO4/c1-4-26-16(10-14-5-7-17(30-3)9-13(14)2)12-20(27)21(23(28)29)22(26)15-6-8-18(24)19(25)11-15/h5-9,11-12H,4,10H2,1-3H3,(H,28,29). The zero-order valence-electron chi connectivity index (χ0n) is 16.8. The van der Waals surface area contributed by atoms with Crippen LogP contribution in [-0.4, -0.2) is 22.8 Å². The van der Waals surface area contributed by atoms with Gasteiger partial charge in [0.2, 0.25) is 0 Å². The zero-order chi connectivity index (χ0) is 22.0. The molecule has 3 rings (SSSR count). The predicted molar refractivity (Wildman–Crippen MR) is 119 cm³/mol. The number of carboxylic acid groups (broad SMARTS) is 1. The van der Waals surface area contributed by atoms with Gasteiger partial charge in [0.05, 0.1) is 22.8 Å². The van der Waals surface area contributed by atoms with Crippen molar-refractivity contribution in [1.29, 1.82) is 0 Å². The van der Waals surface area contributed by atoms with Gasteiger partial charge in [-0.15, -0.1) is 0 Å². The summed E-state index contributed by atoms with van der Waals surface area (Å²) < 4.78 is 7.10. The van der Waals surface area contributed by atoms with Crippen LogP contribution < -0.4 is 10.2 Å². The minimum atomic E-state index is -1.28. The van der Waals surface area contributed by atoms with Crippen molar-refractivity contribution in [2.24, 2.45) is 0 Å². The third-order valence-corrected chi connectivity index (χ3v) is 5.78. The fourth-order valence-corrected chi connectivity index (χ4v) is 3.84. The van der Waals surface area contributed by atoms with E-state index in [1.54, 1.807) is 25.3 Å². The topological polar surface area (TPSA) is 68.5 Å². The smallest absolute Gasteiger partial charge is 0.341 e. The van der Waals surface area contributed by atoms with Crippen LogP contribution in [0.15, 0.2) is 47.3 Å². The highest BCUT2D eigenvalue weighted by molar-refractivity contribution is 6.42. The molecule has 1 N–H and O–H groups in total. The maximum atomic E-state index is 12.8. The number of pyridine rings is 1. The van der Waals surface area contributed by atoms with Crippen LogP contribution in [0.3, 0.4) is 0 Å². The van der Waals surface area contributed by atoms with Gasteiger partial charge in [-0.25, -0.2) is 4.79 Å². The van der Waals surface area contributed by atoms with Crippen molar-refractivity contribution in [1.82, 2.24) is 4.57 Å². The molecule has 2 aromatic carbocycles. The predicted octanol–water partition coefficient (Wildman–Crippen LogP) is 5.45. The Bertz CT molecular complexity index is 1180. The minimum absolute atomic E-state index is 0.287. The Kier molecular flexibility index (Phi) is 6.54. The molecule has 7 heteroatoms. The van der Waals surface area contributed by atoms with Gasteiger partial charge in [-0.05, 0) is 49.2 Å². The van der Waals surface area contributed by atoms with E-state index in [0.717, 1.165) is 16.9 Å². The SMILES string of the molecule is CCn1c(Cc2ccc(OC)cc2C)cc(=O)c(C(=O)O)c1-c1ccc(Cl)c(Cl)c1. The molecular formula is C23H21Cl2NO4. The zero-order valence-corrected chi connectivity index (χ0v) is 18.3. The summed E-state index contributed by atoms with van der Waals surface area (Å²) in [6.07, 6.45) is 0.465. The number of hydrogen-bond acceptors (Lipinski definition) is 3. The summed E-state index contributed by atoms with van der Waals surface area (Å²) >= 11 is 12.2. The number of carboxylic acids is 1. The first-order valence-electron chi connectivity index (χ1n) is 9.35. The molecule has 0 fully saturated rings. The summed E-state index contributed by atoms with van der Waals surface area (Å²) in [4.78, 5) is 24.7. The first-order chi connectivity index (χ1) is 14.3. The van der Waals surface area contributed by atoms with Gasteiger partial charge in [-0.2, -0.15) is 0 Å². The highest BCUT2D eigenvalue weighted by Crippen LogP contribution is 2.31. The molecule has 0 aliphatic heterocycles. The van der Waals surface area contributed by atoms with Crippen LogP contribution in [0.25, 0.3) is 11.3 Å². The molecule has 5 nitrogen and oxygen atoms in total. The number of hydrogen-bond donors (Lipinski definition) is 1. The number of rotatable bonds is 6. The molecule has 1 heterocycles. The number of carbonyl (C=O) groups is 1. The molecule has 0 spiro atoms. The molecule has 0 amide bonds. The number of aromatic nitrogens is 1. The third-order valence-electron chi connectivity index (χ3n) is 5.04. The van der Waals surface area contributed by atoms with Gasteiger partial charge in [-0.1, -0.05) is 35.3 Å². The fraction of sp³-hybridized carbons (Fsp3) is 0.217. The summed E-state index contributed by atoms with van der Waals surface area (Å²) in [5.41, 5.74) is 2.75. The molecule has 0 saturated carbocycles. The number of aromatic carboxylic acids is 1. The molecular weight excluding hydrogens is 425 g/mol. The largest absolute Gasteiger partial charge is 0.497 e. The quantitative estimate of drug-likeness (QED) is 0.547. The summed E-state index contributed by atoms with van der Waals surface area (Å²) in [5.74, 6) is -0.530. The van der Waals surface area contributed by atoms with Crippen LogP contribution in [0.5, 0.6) is 5.75 Å². The van der Waals surface area contributed by atoms with Crippen molar-refractivity contribution in [3.8, 4) is 17.0 Å². The fourth-order valence-electron chi connectivity index (χ4n) is 3.54. The molecule has 0 radical (unpaired) electrons. The highest BCUT2D eigenvalue weighted by Gasteiger charge is 2.22. The van der Waals surface area contributed by atoms with Crippen molar-refractivity contribution in [2.75, 3.05) is 7.11 Å². The lowest BCUT2D eigenvalue weighted by atomic mass is 9.99. The minimum Gasteiger partial charge on any atom is -0.497 e. The second-order valence-electron chi connectivity index (χ2n) is 6.87. The molecule has 0 saturated heterocycles. The van der Waals surface area contributed by atoms with Crippen molar-refractivity contribution in [2.45, 2.75) is 26.8 Å². The van der Waals surface area contributed by atoms with Gasteiger partial charge in [-0.3, -0.25) is 4.79 Å². The maximum absolute atomic E-state index is 12.8. The van der Waals surface area contributed by atoms with E-state index >= 15 is 0 Å². The number of nitrogens with zero attached hydrogens (tertiary/aromatic N) is 1. The summed E-state index contributed by atoms with van der Waals surface area (Å²) in [5, 5.41) is 10.4. The van der Waals surface area contributed by atoms with E-state index < -0.39 is 11.4 Å². The molecule has 3 aromatic rings. The van der Waals surface area contributed by atoms with Gasteiger partial charge in [0.1, 0.15) is 11.3 Å². The normalized spacial score (nSPS) is 10.8. The van der Waals surface area contributed by atoms with Crippen LogP contribution in [0.2, 0.25) is 10.0 Å². The van der Waals surface area contributed by atoms with Crippen molar-refractivity contribution in [3.63, 3.8) is 0 Å². The molecule has 30 heavy (non-hydrogen) atoms. The van der Waals surface area contributed by atoms with Crippen molar-refractivity contribution in [3.05, 3.63) is 85.1 Å². The number of benzene rings is 2. The molecule has 0 aliphatic carbocycles. The Morgan fingerprint density at radius 2 is 1.83 bits per heavy atom. The second kappa shape index (κ2) is 8.94. The average Bonchev–Trinajstić information content (AvgIpc) is 2.70. The Hall–Kier alpha value is -2.76. The number of halogens is 2. The third kappa shape index (κ3) is 4.23. The lowest BCUT2D eigenvalue weighted by molar-refractivity contribution is 0.0695. The summed E-state index contributed by atoms with van der Waals surface area (Å²) in [6, 6.07) is 12.0. The highest BCUT2D eigenvalue weighted by atomic mass is 35.5. The maximum Gasteiger partial charge on any atom is 0.341 e. The van der Waals surface area contributed by atoms with Gasteiger partial charge in [0, 0.05) is 30.3 Å². The van der Waals surface area contributed by atoms with Gasteiger partial charge in [0.15, 0.2) is 5.43 Å².